The maximum absolute atomic E-state index is 8.76. The average molecular weight is 287 g/mol. The number of aromatic nitrogens is 3. The Morgan fingerprint density at radius 2 is 1.94 bits per heavy atom. The van der Waals surface area contributed by atoms with Crippen molar-refractivity contribution in [2.75, 3.05) is 11.9 Å². The van der Waals surface area contributed by atoms with Crippen molar-refractivity contribution in [2.24, 2.45) is 0 Å². The van der Waals surface area contributed by atoms with E-state index in [2.05, 4.69) is 15.6 Å². The van der Waals surface area contributed by atoms with E-state index in [1.807, 2.05) is 0 Å². The van der Waals surface area contributed by atoms with Crippen molar-refractivity contribution < 1.29 is 5.11 Å². The lowest BCUT2D eigenvalue weighted by atomic mass is 10.3. The molecule has 1 aromatic carbocycles. The summed E-state index contributed by atoms with van der Waals surface area (Å²) in [5.74, 6) is 0. The second kappa shape index (κ2) is 6.04. The van der Waals surface area contributed by atoms with E-state index >= 15 is 0 Å². The first-order chi connectivity index (χ1) is 8.67. The van der Waals surface area contributed by atoms with Crippen LogP contribution in [0.15, 0.2) is 24.4 Å². The van der Waals surface area contributed by atoms with Gasteiger partial charge in [-0.25, -0.2) is 4.68 Å². The molecule has 0 bridgehead atoms. The summed E-state index contributed by atoms with van der Waals surface area (Å²) in [6, 6.07) is 5.24. The smallest absolute Gasteiger partial charge is 0.102 e. The molecule has 0 aliphatic heterocycles. The van der Waals surface area contributed by atoms with Crippen molar-refractivity contribution >= 4 is 28.9 Å². The highest BCUT2D eigenvalue weighted by Gasteiger charge is 2.02. The number of aliphatic hydroxyl groups is 1. The van der Waals surface area contributed by atoms with Gasteiger partial charge in [0.2, 0.25) is 0 Å². The van der Waals surface area contributed by atoms with Crippen LogP contribution in [0.25, 0.3) is 0 Å². The lowest BCUT2D eigenvalue weighted by Gasteiger charge is -2.05. The van der Waals surface area contributed by atoms with Gasteiger partial charge in [0, 0.05) is 15.7 Å². The highest BCUT2D eigenvalue weighted by Crippen LogP contribution is 2.22. The lowest BCUT2D eigenvalue weighted by Crippen LogP contribution is -2.02. The van der Waals surface area contributed by atoms with E-state index in [1.165, 1.54) is 0 Å². The molecule has 96 valence electrons. The van der Waals surface area contributed by atoms with E-state index in [-0.39, 0.29) is 6.61 Å². The van der Waals surface area contributed by atoms with Crippen molar-refractivity contribution in [3.05, 3.63) is 40.1 Å². The van der Waals surface area contributed by atoms with Gasteiger partial charge in [0.1, 0.15) is 5.69 Å². The van der Waals surface area contributed by atoms with Gasteiger partial charge in [0.25, 0.3) is 0 Å². The topological polar surface area (TPSA) is 63.0 Å². The highest BCUT2D eigenvalue weighted by molar-refractivity contribution is 6.35. The van der Waals surface area contributed by atoms with Gasteiger partial charge >= 0.3 is 0 Å². The molecule has 0 radical (unpaired) electrons. The van der Waals surface area contributed by atoms with Crippen molar-refractivity contribution in [3.63, 3.8) is 0 Å². The van der Waals surface area contributed by atoms with Crippen LogP contribution < -0.4 is 5.32 Å². The van der Waals surface area contributed by atoms with Crippen molar-refractivity contribution in [1.82, 2.24) is 15.0 Å². The third-order valence-electron chi connectivity index (χ3n) is 2.25. The van der Waals surface area contributed by atoms with Crippen LogP contribution in [0, 0.1) is 0 Å². The largest absolute Gasteiger partial charge is 0.394 e. The van der Waals surface area contributed by atoms with Crippen LogP contribution in [0.4, 0.5) is 5.69 Å². The molecule has 0 unspecified atom stereocenters. The van der Waals surface area contributed by atoms with Gasteiger partial charge in [-0.2, -0.15) is 0 Å². The monoisotopic (exact) mass is 286 g/mol. The number of halogens is 2. The quantitative estimate of drug-likeness (QED) is 0.885. The molecule has 0 amide bonds. The Kier molecular flexibility index (Phi) is 4.41. The van der Waals surface area contributed by atoms with Crippen LogP contribution in [-0.4, -0.2) is 26.7 Å². The molecular formula is C11H12Cl2N4O. The summed E-state index contributed by atoms with van der Waals surface area (Å²) < 4.78 is 1.59. The minimum atomic E-state index is 0.0418. The molecule has 0 saturated heterocycles. The van der Waals surface area contributed by atoms with E-state index in [9.17, 15) is 0 Å². The summed E-state index contributed by atoms with van der Waals surface area (Å²) in [4.78, 5) is 0. The molecule has 2 rings (SSSR count). The van der Waals surface area contributed by atoms with Crippen molar-refractivity contribution in [3.8, 4) is 0 Å². The van der Waals surface area contributed by atoms with Gasteiger partial charge in [-0.05, 0) is 18.2 Å². The summed E-state index contributed by atoms with van der Waals surface area (Å²) in [6.07, 6.45) is 1.77. The van der Waals surface area contributed by atoms with E-state index < -0.39 is 0 Å². The molecule has 1 heterocycles. The van der Waals surface area contributed by atoms with E-state index in [4.69, 9.17) is 28.3 Å². The zero-order valence-electron chi connectivity index (χ0n) is 9.48. The molecule has 0 atom stereocenters. The molecule has 18 heavy (non-hydrogen) atoms. The molecule has 7 heteroatoms. The summed E-state index contributed by atoms with van der Waals surface area (Å²) in [5, 5.41) is 20.9. The summed E-state index contributed by atoms with van der Waals surface area (Å²) in [5.41, 5.74) is 1.60. The summed E-state index contributed by atoms with van der Waals surface area (Å²) in [7, 11) is 0. The van der Waals surface area contributed by atoms with Crippen LogP contribution in [0.2, 0.25) is 10.0 Å². The van der Waals surface area contributed by atoms with Gasteiger partial charge in [-0.15, -0.1) is 5.10 Å². The van der Waals surface area contributed by atoms with Gasteiger partial charge in [-0.1, -0.05) is 28.4 Å². The summed E-state index contributed by atoms with van der Waals surface area (Å²) in [6.45, 7) is 0.998. The second-order valence-electron chi connectivity index (χ2n) is 3.71. The fourth-order valence-corrected chi connectivity index (χ4v) is 2.01. The standard InChI is InChI=1S/C11H12Cl2N4O/c12-8-3-9(13)5-10(4-8)14-6-11-7-17(1-2-18)16-15-11/h3-5,7,14,18H,1-2,6H2. The first kappa shape index (κ1) is 13.1. The fraction of sp³-hybridized carbons (Fsp3) is 0.273. The van der Waals surface area contributed by atoms with Gasteiger partial charge in [-0.3, -0.25) is 0 Å². The Balaban J connectivity index is 1.97. The SMILES string of the molecule is OCCn1cc(CNc2cc(Cl)cc(Cl)c2)nn1. The minimum absolute atomic E-state index is 0.0418. The first-order valence-electron chi connectivity index (χ1n) is 5.37. The summed E-state index contributed by atoms with van der Waals surface area (Å²) >= 11 is 11.8. The number of benzene rings is 1. The van der Waals surface area contributed by atoms with E-state index in [0.717, 1.165) is 11.4 Å². The number of aliphatic hydroxyl groups excluding tert-OH is 1. The normalized spacial score (nSPS) is 10.6. The number of anilines is 1. The first-order valence-corrected chi connectivity index (χ1v) is 6.13. The van der Waals surface area contributed by atoms with Gasteiger partial charge < -0.3 is 10.4 Å². The predicted molar refractivity (Wildman–Crippen MR) is 70.9 cm³/mol. The Morgan fingerprint density at radius 3 is 2.61 bits per heavy atom. The zero-order valence-corrected chi connectivity index (χ0v) is 11.0. The highest BCUT2D eigenvalue weighted by atomic mass is 35.5. The van der Waals surface area contributed by atoms with Crippen LogP contribution in [0.3, 0.4) is 0 Å². The van der Waals surface area contributed by atoms with Crippen LogP contribution >= 0.6 is 23.2 Å². The van der Waals surface area contributed by atoms with Crippen LogP contribution in [-0.2, 0) is 13.1 Å². The van der Waals surface area contributed by atoms with Crippen LogP contribution in [0.5, 0.6) is 0 Å². The van der Waals surface area contributed by atoms with E-state index in [1.54, 1.807) is 29.1 Å². The molecule has 5 nitrogen and oxygen atoms in total. The molecule has 0 spiro atoms. The molecular weight excluding hydrogens is 275 g/mol. The Morgan fingerprint density at radius 1 is 1.22 bits per heavy atom. The van der Waals surface area contributed by atoms with E-state index in [0.29, 0.717) is 23.1 Å². The fourth-order valence-electron chi connectivity index (χ4n) is 1.48. The number of nitrogens with zero attached hydrogens (tertiary/aromatic N) is 3. The minimum Gasteiger partial charge on any atom is -0.394 e. The maximum Gasteiger partial charge on any atom is 0.102 e. The number of nitrogens with one attached hydrogen (secondary N) is 1. The molecule has 0 aliphatic rings. The van der Waals surface area contributed by atoms with Crippen molar-refractivity contribution in [2.45, 2.75) is 13.1 Å². The number of hydrogen-bond acceptors (Lipinski definition) is 4. The molecule has 1 aromatic heterocycles. The zero-order chi connectivity index (χ0) is 13.0. The van der Waals surface area contributed by atoms with Crippen molar-refractivity contribution in [1.29, 1.82) is 0 Å². The van der Waals surface area contributed by atoms with Crippen LogP contribution in [0.1, 0.15) is 5.69 Å². The number of rotatable bonds is 5. The van der Waals surface area contributed by atoms with Gasteiger partial charge in [0.05, 0.1) is 25.9 Å². The Bertz CT molecular complexity index is 509. The molecule has 0 aliphatic carbocycles. The molecule has 0 saturated carbocycles. The lowest BCUT2D eigenvalue weighted by molar-refractivity contribution is 0.268. The number of hydrogen-bond donors (Lipinski definition) is 2. The van der Waals surface area contributed by atoms with Gasteiger partial charge in [0.15, 0.2) is 0 Å². The predicted octanol–water partition coefficient (Wildman–Crippen LogP) is 2.19. The average Bonchev–Trinajstić information content (AvgIpc) is 2.74. The molecule has 0 fully saturated rings. The molecule has 2 aromatic rings. The Hall–Kier alpha value is -1.30. The molecule has 2 N–H and O–H groups in total. The third kappa shape index (κ3) is 3.60. The maximum atomic E-state index is 8.76. The Labute approximate surface area is 114 Å². The third-order valence-corrected chi connectivity index (χ3v) is 2.69. The second-order valence-corrected chi connectivity index (χ2v) is 4.58.